The molecular weight excluding hydrogens is 380 g/mol. The molecule has 0 radical (unpaired) electrons. The first kappa shape index (κ1) is 20.0. The van der Waals surface area contributed by atoms with Crippen molar-refractivity contribution in [3.05, 3.63) is 59.9 Å². The number of nitrogens with one attached hydrogen (secondary N) is 3. The van der Waals surface area contributed by atoms with Gasteiger partial charge >= 0.3 is 0 Å². The summed E-state index contributed by atoms with van der Waals surface area (Å²) >= 11 is 0. The third-order valence-electron chi connectivity index (χ3n) is 4.18. The van der Waals surface area contributed by atoms with Gasteiger partial charge in [-0.2, -0.15) is 0 Å². The lowest BCUT2D eigenvalue weighted by molar-refractivity contribution is -0.121. The summed E-state index contributed by atoms with van der Waals surface area (Å²) in [6, 6.07) is 9.46. The second kappa shape index (κ2) is 8.94. The van der Waals surface area contributed by atoms with Gasteiger partial charge in [-0.25, -0.2) is 13.1 Å². The van der Waals surface area contributed by atoms with E-state index in [9.17, 15) is 18.0 Å². The zero-order valence-electron chi connectivity index (χ0n) is 15.2. The van der Waals surface area contributed by atoms with Crippen LogP contribution in [0.15, 0.2) is 53.7 Å². The summed E-state index contributed by atoms with van der Waals surface area (Å²) in [4.78, 5) is 28.1. The Labute approximate surface area is 163 Å². The molecule has 0 bridgehead atoms. The van der Waals surface area contributed by atoms with Crippen LogP contribution in [0.5, 0.6) is 0 Å². The molecule has 2 amide bonds. The molecule has 3 N–H and O–H groups in total. The third kappa shape index (κ3) is 5.86. The molecule has 9 heteroatoms. The maximum absolute atomic E-state index is 12.3. The zero-order chi connectivity index (χ0) is 20.0. The molecule has 0 saturated heterocycles. The molecule has 28 heavy (non-hydrogen) atoms. The number of hydrogen-bond acceptors (Lipinski definition) is 5. The van der Waals surface area contributed by atoms with E-state index in [2.05, 4.69) is 20.3 Å². The van der Waals surface area contributed by atoms with Gasteiger partial charge in [0.15, 0.2) is 0 Å². The predicted molar refractivity (Wildman–Crippen MR) is 103 cm³/mol. The van der Waals surface area contributed by atoms with Gasteiger partial charge in [0.05, 0.1) is 4.90 Å². The van der Waals surface area contributed by atoms with E-state index in [4.69, 9.17) is 0 Å². The maximum atomic E-state index is 12.3. The minimum atomic E-state index is -3.62. The Morgan fingerprint density at radius 3 is 2.54 bits per heavy atom. The van der Waals surface area contributed by atoms with Crippen molar-refractivity contribution in [3.63, 3.8) is 0 Å². The maximum Gasteiger partial charge on any atom is 0.251 e. The van der Waals surface area contributed by atoms with Crippen LogP contribution in [0, 0.1) is 0 Å². The monoisotopic (exact) mass is 402 g/mol. The fraction of sp³-hybridized carbons (Fsp3) is 0.316. The van der Waals surface area contributed by atoms with Crippen LogP contribution in [0.4, 0.5) is 0 Å². The predicted octanol–water partition coefficient (Wildman–Crippen LogP) is 0.959. The fourth-order valence-corrected chi connectivity index (χ4v) is 3.82. The van der Waals surface area contributed by atoms with E-state index in [-0.39, 0.29) is 35.4 Å². The molecule has 2 aromatic rings. The number of nitrogens with zero attached hydrogens (tertiary/aromatic N) is 1. The highest BCUT2D eigenvalue weighted by Gasteiger charge is 2.28. The first-order valence-corrected chi connectivity index (χ1v) is 10.5. The highest BCUT2D eigenvalue weighted by molar-refractivity contribution is 7.89. The van der Waals surface area contributed by atoms with E-state index in [0.717, 1.165) is 18.4 Å². The van der Waals surface area contributed by atoms with Crippen LogP contribution in [-0.2, 0) is 21.4 Å². The van der Waals surface area contributed by atoms with Crippen LogP contribution in [0.25, 0.3) is 0 Å². The summed E-state index contributed by atoms with van der Waals surface area (Å²) in [5.74, 6) is -0.618. The quantitative estimate of drug-likeness (QED) is 0.577. The van der Waals surface area contributed by atoms with E-state index >= 15 is 0 Å². The van der Waals surface area contributed by atoms with Crippen molar-refractivity contribution < 1.29 is 18.0 Å². The molecule has 8 nitrogen and oxygen atoms in total. The molecule has 1 aromatic heterocycles. The molecular formula is C19H22N4O4S. The van der Waals surface area contributed by atoms with Crippen molar-refractivity contribution in [1.82, 2.24) is 20.3 Å². The van der Waals surface area contributed by atoms with Gasteiger partial charge in [-0.3, -0.25) is 14.6 Å². The Hall–Kier alpha value is -2.78. The lowest BCUT2D eigenvalue weighted by Gasteiger charge is -2.09. The number of carbonyl (C=O) groups excluding carboxylic acids is 2. The van der Waals surface area contributed by atoms with Crippen LogP contribution in [-0.4, -0.2) is 37.8 Å². The van der Waals surface area contributed by atoms with Crippen molar-refractivity contribution in [1.29, 1.82) is 0 Å². The highest BCUT2D eigenvalue weighted by atomic mass is 32.2. The minimum absolute atomic E-state index is 0.00635. The molecule has 1 saturated carbocycles. The average molecular weight is 402 g/mol. The molecule has 1 fully saturated rings. The number of benzene rings is 1. The summed E-state index contributed by atoms with van der Waals surface area (Å²) in [5.41, 5.74) is 1.17. The van der Waals surface area contributed by atoms with E-state index in [1.54, 1.807) is 24.5 Å². The Bertz CT molecular complexity index is 943. The average Bonchev–Trinajstić information content (AvgIpc) is 3.50. The van der Waals surface area contributed by atoms with Crippen molar-refractivity contribution in [2.24, 2.45) is 0 Å². The Kier molecular flexibility index (Phi) is 6.37. The standard InChI is InChI=1S/C19H22N4O4S/c24-18(22-13-14-6-9-20-10-7-14)8-11-21-19(25)15-2-1-3-17(12-15)28(26,27)23-16-4-5-16/h1-3,6-7,9-10,12,16,23H,4-5,8,11,13H2,(H,21,25)(H,22,24). The smallest absolute Gasteiger partial charge is 0.251 e. The molecule has 1 aromatic carbocycles. The van der Waals surface area contributed by atoms with Gasteiger partial charge in [0.25, 0.3) is 5.91 Å². The SMILES string of the molecule is O=C(CCNC(=O)c1cccc(S(=O)(=O)NC2CC2)c1)NCc1ccncc1. The van der Waals surface area contributed by atoms with Crippen LogP contribution < -0.4 is 15.4 Å². The number of hydrogen-bond donors (Lipinski definition) is 3. The van der Waals surface area contributed by atoms with E-state index in [0.29, 0.717) is 6.54 Å². The zero-order valence-corrected chi connectivity index (χ0v) is 16.0. The first-order valence-electron chi connectivity index (χ1n) is 9.00. The summed E-state index contributed by atoms with van der Waals surface area (Å²) < 4.78 is 27.1. The Morgan fingerprint density at radius 1 is 1.07 bits per heavy atom. The number of sulfonamides is 1. The topological polar surface area (TPSA) is 117 Å². The van der Waals surface area contributed by atoms with Gasteiger partial charge in [0.2, 0.25) is 15.9 Å². The van der Waals surface area contributed by atoms with Crippen molar-refractivity contribution >= 4 is 21.8 Å². The van der Waals surface area contributed by atoms with Crippen LogP contribution in [0.3, 0.4) is 0 Å². The van der Waals surface area contributed by atoms with Gasteiger partial charge in [-0.05, 0) is 48.7 Å². The number of amides is 2. The second-order valence-corrected chi connectivity index (χ2v) is 8.28. The van der Waals surface area contributed by atoms with Crippen molar-refractivity contribution in [3.8, 4) is 0 Å². The molecule has 0 atom stereocenters. The van der Waals surface area contributed by atoms with Gasteiger partial charge in [0, 0.05) is 43.5 Å². The molecule has 148 valence electrons. The molecule has 0 aliphatic heterocycles. The number of carbonyl (C=O) groups is 2. The second-order valence-electron chi connectivity index (χ2n) is 6.56. The van der Waals surface area contributed by atoms with Gasteiger partial charge in [-0.15, -0.1) is 0 Å². The Morgan fingerprint density at radius 2 is 1.82 bits per heavy atom. The van der Waals surface area contributed by atoms with Crippen LogP contribution in [0.2, 0.25) is 0 Å². The lowest BCUT2D eigenvalue weighted by atomic mass is 10.2. The van der Waals surface area contributed by atoms with Gasteiger partial charge in [0.1, 0.15) is 0 Å². The normalized spacial score (nSPS) is 13.7. The fourth-order valence-electron chi connectivity index (χ4n) is 2.47. The Balaban J connectivity index is 1.47. The van der Waals surface area contributed by atoms with E-state index < -0.39 is 15.9 Å². The number of rotatable bonds is 9. The molecule has 0 unspecified atom stereocenters. The van der Waals surface area contributed by atoms with Gasteiger partial charge in [-0.1, -0.05) is 6.07 Å². The lowest BCUT2D eigenvalue weighted by Crippen LogP contribution is -2.31. The molecule has 1 aliphatic carbocycles. The van der Waals surface area contributed by atoms with Crippen molar-refractivity contribution in [2.45, 2.75) is 36.7 Å². The summed E-state index contributed by atoms with van der Waals surface area (Å²) in [7, 11) is -3.62. The molecule has 3 rings (SSSR count). The molecule has 1 heterocycles. The van der Waals surface area contributed by atoms with Gasteiger partial charge < -0.3 is 10.6 Å². The molecule has 0 spiro atoms. The summed E-state index contributed by atoms with van der Waals surface area (Å²) in [6.45, 7) is 0.543. The van der Waals surface area contributed by atoms with E-state index in [1.165, 1.54) is 24.3 Å². The number of aromatic nitrogens is 1. The van der Waals surface area contributed by atoms with E-state index in [1.807, 2.05) is 0 Å². The highest BCUT2D eigenvalue weighted by Crippen LogP contribution is 2.22. The number of pyridine rings is 1. The molecule has 1 aliphatic rings. The van der Waals surface area contributed by atoms with Crippen molar-refractivity contribution in [2.75, 3.05) is 6.54 Å². The first-order chi connectivity index (χ1) is 13.4. The summed E-state index contributed by atoms with van der Waals surface area (Å²) in [6.07, 6.45) is 5.09. The van der Waals surface area contributed by atoms with Crippen LogP contribution >= 0.6 is 0 Å². The minimum Gasteiger partial charge on any atom is -0.352 e. The largest absolute Gasteiger partial charge is 0.352 e. The summed E-state index contributed by atoms with van der Waals surface area (Å²) in [5, 5.41) is 5.39. The third-order valence-corrected chi connectivity index (χ3v) is 5.70. The van der Waals surface area contributed by atoms with Crippen LogP contribution in [0.1, 0.15) is 35.2 Å².